The maximum atomic E-state index is 10.2. The summed E-state index contributed by atoms with van der Waals surface area (Å²) in [4.78, 5) is 14.8. The maximum absolute atomic E-state index is 10.2. The third-order valence-corrected chi connectivity index (χ3v) is 9.65. The van der Waals surface area contributed by atoms with Crippen LogP contribution in [0.5, 0.6) is 0 Å². The lowest BCUT2D eigenvalue weighted by Crippen LogP contribution is -2.00. The second-order valence-electron chi connectivity index (χ2n) is 12.8. The van der Waals surface area contributed by atoms with E-state index in [1.54, 1.807) is 0 Å². The van der Waals surface area contributed by atoms with E-state index in [0.29, 0.717) is 23.0 Å². The number of aromatic nitrogens is 4. The Morgan fingerprint density at radius 1 is 0.423 bits per heavy atom. The molecule has 0 radical (unpaired) electrons. The predicted molar refractivity (Wildman–Crippen MR) is 208 cm³/mol. The Bertz CT molecular complexity index is 2970. The normalized spacial score (nSPS) is 11.4. The van der Waals surface area contributed by atoms with Gasteiger partial charge < -0.3 is 8.98 Å². The first-order chi connectivity index (χ1) is 25.7. The largest absolute Gasteiger partial charge is 0.456 e. The molecule has 0 amide bonds. The number of nitrogens with zero attached hydrogens (tertiary/aromatic N) is 5. The van der Waals surface area contributed by atoms with Gasteiger partial charge in [0.05, 0.1) is 22.7 Å². The number of fused-ring (bicyclic) bond motifs is 6. The molecule has 0 atom stereocenters. The summed E-state index contributed by atoms with van der Waals surface area (Å²) >= 11 is 0. The fraction of sp³-hybridized carbons (Fsp3) is 0. The molecule has 0 spiro atoms. The highest BCUT2D eigenvalue weighted by atomic mass is 16.3. The minimum absolute atomic E-state index is 0.583. The Hall–Kier alpha value is -7.36. The Labute approximate surface area is 298 Å². The van der Waals surface area contributed by atoms with Crippen LogP contribution >= 0.6 is 0 Å². The molecular weight excluding hydrogens is 639 g/mol. The minimum atomic E-state index is 0.583. The van der Waals surface area contributed by atoms with Gasteiger partial charge in [0.25, 0.3) is 0 Å². The Morgan fingerprint density at radius 3 is 1.73 bits per heavy atom. The van der Waals surface area contributed by atoms with Crippen molar-refractivity contribution < 1.29 is 4.42 Å². The number of hydrogen-bond donors (Lipinski definition) is 0. The lowest BCUT2D eigenvalue weighted by molar-refractivity contribution is 0.669. The van der Waals surface area contributed by atoms with Gasteiger partial charge in [-0.05, 0) is 71.8 Å². The van der Waals surface area contributed by atoms with E-state index in [4.69, 9.17) is 19.4 Å². The predicted octanol–water partition coefficient (Wildman–Crippen LogP) is 11.4. The molecule has 0 saturated heterocycles. The summed E-state index contributed by atoms with van der Waals surface area (Å²) in [7, 11) is 0. The molecule has 0 saturated carbocycles. The number of hydrogen-bond acceptors (Lipinski definition) is 5. The van der Waals surface area contributed by atoms with Crippen LogP contribution in [-0.4, -0.2) is 19.5 Å². The fourth-order valence-electron chi connectivity index (χ4n) is 7.20. The van der Waals surface area contributed by atoms with Crippen molar-refractivity contribution in [1.29, 1.82) is 5.26 Å². The van der Waals surface area contributed by atoms with Crippen molar-refractivity contribution in [3.63, 3.8) is 0 Å². The van der Waals surface area contributed by atoms with Gasteiger partial charge in [-0.2, -0.15) is 5.26 Å². The number of furan rings is 1. The van der Waals surface area contributed by atoms with Crippen molar-refractivity contribution in [2.75, 3.05) is 0 Å². The van der Waals surface area contributed by atoms with E-state index in [1.807, 2.05) is 97.1 Å². The topological polar surface area (TPSA) is 80.5 Å². The lowest BCUT2D eigenvalue weighted by Gasteiger charge is -2.12. The number of benzene rings is 7. The highest BCUT2D eigenvalue weighted by molar-refractivity contribution is 6.10. The zero-order chi connectivity index (χ0) is 34.6. The summed E-state index contributed by atoms with van der Waals surface area (Å²) in [6.45, 7) is 0. The van der Waals surface area contributed by atoms with Gasteiger partial charge >= 0.3 is 0 Å². The van der Waals surface area contributed by atoms with Crippen LogP contribution in [0.4, 0.5) is 0 Å². The molecule has 0 aliphatic rings. The van der Waals surface area contributed by atoms with Gasteiger partial charge in [0, 0.05) is 43.9 Å². The van der Waals surface area contributed by atoms with Crippen LogP contribution in [-0.2, 0) is 0 Å². The lowest BCUT2D eigenvalue weighted by atomic mass is 10.00. The standard InChI is InChI=1S/C46H27N5O/c47-28-29-23-34(32-20-22-43-39(26-32)37-16-8-10-18-42(37)52-43)25-35(24-29)51-40-17-9-7-15-36(40)38-27-33(19-21-41(38)51)46-49-44(30-11-3-1-4-12-30)48-45(50-46)31-13-5-2-6-14-31/h1-27H. The highest BCUT2D eigenvalue weighted by Gasteiger charge is 2.18. The van der Waals surface area contributed by atoms with Crippen molar-refractivity contribution in [2.24, 2.45) is 0 Å². The minimum Gasteiger partial charge on any atom is -0.456 e. The number of nitriles is 1. The first-order valence-corrected chi connectivity index (χ1v) is 17.1. The zero-order valence-electron chi connectivity index (χ0n) is 27.7. The molecule has 3 heterocycles. The van der Waals surface area contributed by atoms with Gasteiger partial charge in [-0.15, -0.1) is 0 Å². The second kappa shape index (κ2) is 11.9. The molecule has 3 aromatic heterocycles. The van der Waals surface area contributed by atoms with E-state index in [0.717, 1.165) is 77.2 Å². The van der Waals surface area contributed by atoms with Crippen LogP contribution in [0.25, 0.3) is 94.7 Å². The summed E-state index contributed by atoms with van der Waals surface area (Å²) in [5.74, 6) is 1.84. The van der Waals surface area contributed by atoms with Crippen molar-refractivity contribution >= 4 is 43.7 Å². The molecule has 0 fully saturated rings. The summed E-state index contributed by atoms with van der Waals surface area (Å²) in [5.41, 5.74) is 9.94. The first-order valence-electron chi connectivity index (χ1n) is 17.1. The smallest absolute Gasteiger partial charge is 0.164 e. The van der Waals surface area contributed by atoms with Crippen LogP contribution in [0.15, 0.2) is 168 Å². The number of rotatable bonds is 5. The van der Waals surface area contributed by atoms with Gasteiger partial charge in [0.15, 0.2) is 17.5 Å². The van der Waals surface area contributed by atoms with Gasteiger partial charge in [-0.1, -0.05) is 103 Å². The van der Waals surface area contributed by atoms with E-state index in [2.05, 4.69) is 77.4 Å². The quantitative estimate of drug-likeness (QED) is 0.183. The Morgan fingerprint density at radius 2 is 1.00 bits per heavy atom. The molecule has 6 nitrogen and oxygen atoms in total. The van der Waals surface area contributed by atoms with Gasteiger partial charge in [-0.3, -0.25) is 0 Å². The highest BCUT2D eigenvalue weighted by Crippen LogP contribution is 2.38. The SMILES string of the molecule is N#Cc1cc(-c2ccc3oc4ccccc4c3c2)cc(-n2c3ccccc3c3cc(-c4nc(-c5ccccc5)nc(-c5ccccc5)n4)ccc32)c1. The molecule has 0 bridgehead atoms. The van der Waals surface area contributed by atoms with Crippen molar-refractivity contribution in [2.45, 2.75) is 0 Å². The van der Waals surface area contributed by atoms with E-state index < -0.39 is 0 Å². The molecule has 0 aliphatic carbocycles. The molecule has 0 unspecified atom stereocenters. The van der Waals surface area contributed by atoms with Crippen molar-refractivity contribution in [3.8, 4) is 57.0 Å². The van der Waals surface area contributed by atoms with Crippen LogP contribution in [0.2, 0.25) is 0 Å². The molecule has 0 N–H and O–H groups in total. The van der Waals surface area contributed by atoms with E-state index in [9.17, 15) is 5.26 Å². The summed E-state index contributed by atoms with van der Waals surface area (Å²) < 4.78 is 8.34. The van der Waals surface area contributed by atoms with Crippen LogP contribution in [0.3, 0.4) is 0 Å². The summed E-state index contributed by atoms with van der Waals surface area (Å²) in [6.07, 6.45) is 0. The molecule has 242 valence electrons. The third-order valence-electron chi connectivity index (χ3n) is 9.65. The molecule has 10 aromatic rings. The van der Waals surface area contributed by atoms with Gasteiger partial charge in [-0.25, -0.2) is 15.0 Å². The first kappa shape index (κ1) is 29.5. The van der Waals surface area contributed by atoms with E-state index in [1.165, 1.54) is 0 Å². The Kier molecular flexibility index (Phi) is 6.76. The average molecular weight is 666 g/mol. The third kappa shape index (κ3) is 4.92. The fourth-order valence-corrected chi connectivity index (χ4v) is 7.20. The molecule has 52 heavy (non-hydrogen) atoms. The van der Waals surface area contributed by atoms with E-state index >= 15 is 0 Å². The molecule has 10 rings (SSSR count). The van der Waals surface area contributed by atoms with Crippen molar-refractivity contribution in [3.05, 3.63) is 169 Å². The van der Waals surface area contributed by atoms with Crippen LogP contribution in [0, 0.1) is 11.3 Å². The molecule has 0 aliphatic heterocycles. The van der Waals surface area contributed by atoms with E-state index in [-0.39, 0.29) is 0 Å². The monoisotopic (exact) mass is 665 g/mol. The van der Waals surface area contributed by atoms with Crippen molar-refractivity contribution in [1.82, 2.24) is 19.5 Å². The average Bonchev–Trinajstić information content (AvgIpc) is 3.76. The summed E-state index contributed by atoms with van der Waals surface area (Å²) in [5, 5.41) is 14.5. The molecular formula is C46H27N5O. The van der Waals surface area contributed by atoms with Crippen LogP contribution in [0.1, 0.15) is 5.56 Å². The Balaban J connectivity index is 1.15. The second-order valence-corrected chi connectivity index (χ2v) is 12.8. The van der Waals surface area contributed by atoms with Gasteiger partial charge in [0.1, 0.15) is 11.2 Å². The molecule has 6 heteroatoms. The van der Waals surface area contributed by atoms with Gasteiger partial charge in [0.2, 0.25) is 0 Å². The molecule has 7 aromatic carbocycles. The number of para-hydroxylation sites is 2. The maximum Gasteiger partial charge on any atom is 0.164 e. The zero-order valence-corrected chi connectivity index (χ0v) is 27.7. The van der Waals surface area contributed by atoms with Crippen LogP contribution < -0.4 is 0 Å². The summed E-state index contributed by atoms with van der Waals surface area (Å²) in [6, 6.07) is 57.6.